The lowest BCUT2D eigenvalue weighted by atomic mass is 10.1. The van der Waals surface area contributed by atoms with E-state index in [0.717, 1.165) is 17.9 Å². The van der Waals surface area contributed by atoms with E-state index >= 15 is 0 Å². The number of fused-ring (bicyclic) bond motifs is 1. The molecule has 0 unspecified atom stereocenters. The van der Waals surface area contributed by atoms with Crippen molar-refractivity contribution in [3.63, 3.8) is 0 Å². The van der Waals surface area contributed by atoms with Crippen molar-refractivity contribution in [3.8, 4) is 0 Å². The summed E-state index contributed by atoms with van der Waals surface area (Å²) in [5.41, 5.74) is 3.82. The summed E-state index contributed by atoms with van der Waals surface area (Å²) in [5, 5.41) is 0. The molecule has 1 heterocycles. The Labute approximate surface area is 129 Å². The number of carbonyl (C=O) groups excluding carboxylic acids is 2. The first kappa shape index (κ1) is 17.2. The number of hydrogen-bond acceptors (Lipinski definition) is 4. The molecule has 0 bridgehead atoms. The highest BCUT2D eigenvalue weighted by Gasteiger charge is 2.49. The Morgan fingerprint density at radius 3 is 2.52 bits per heavy atom. The number of nitrogens with two attached hydrogens (primary N) is 1. The van der Waals surface area contributed by atoms with Crippen LogP contribution in [0.25, 0.3) is 0 Å². The smallest absolute Gasteiger partial charge is 0.428 e. The molecule has 1 aliphatic rings. The zero-order valence-electron chi connectivity index (χ0n) is 12.3. The standard InChI is InChI=1S/C14H14F4N2O3/c1-7-5-8-6-9(15)3-4-10(8)20(7)11(21)13(2,19)23-12(22)14(16,17)18/h3-4,6-7H,5,19H2,1-2H3/t7-,13-/m1/s1. The van der Waals surface area contributed by atoms with Gasteiger partial charge in [0.25, 0.3) is 5.91 Å². The SMILES string of the molecule is C[C@@H]1Cc2cc(F)ccc2N1C(=O)[C@](C)(N)OC(=O)C(F)(F)F. The first-order chi connectivity index (χ1) is 10.4. The topological polar surface area (TPSA) is 72.6 Å². The van der Waals surface area contributed by atoms with Gasteiger partial charge in [-0.2, -0.15) is 13.2 Å². The van der Waals surface area contributed by atoms with Gasteiger partial charge in [-0.05, 0) is 44.0 Å². The van der Waals surface area contributed by atoms with Crippen LogP contribution in [0.15, 0.2) is 18.2 Å². The quantitative estimate of drug-likeness (QED) is 0.509. The molecule has 0 aliphatic carbocycles. The van der Waals surface area contributed by atoms with Gasteiger partial charge in [0.1, 0.15) is 5.82 Å². The molecule has 2 rings (SSSR count). The number of anilines is 1. The van der Waals surface area contributed by atoms with Gasteiger partial charge >= 0.3 is 12.1 Å². The molecule has 126 valence electrons. The number of nitrogens with zero attached hydrogens (tertiary/aromatic N) is 1. The second-order valence-corrected chi connectivity index (χ2v) is 5.50. The van der Waals surface area contributed by atoms with Gasteiger partial charge in [0.15, 0.2) is 0 Å². The normalized spacial score (nSPS) is 20.0. The van der Waals surface area contributed by atoms with Crippen LogP contribution in [0.3, 0.4) is 0 Å². The average molecular weight is 334 g/mol. The number of ether oxygens (including phenoxy) is 1. The average Bonchev–Trinajstić information content (AvgIpc) is 2.71. The molecule has 2 atom stereocenters. The van der Waals surface area contributed by atoms with Crippen LogP contribution in [0.5, 0.6) is 0 Å². The van der Waals surface area contributed by atoms with Crippen LogP contribution in [0.2, 0.25) is 0 Å². The molecule has 9 heteroatoms. The molecule has 1 aromatic carbocycles. The fourth-order valence-electron chi connectivity index (χ4n) is 2.44. The minimum atomic E-state index is -5.27. The van der Waals surface area contributed by atoms with Crippen LogP contribution in [0.1, 0.15) is 19.4 Å². The highest BCUT2D eigenvalue weighted by Crippen LogP contribution is 2.34. The van der Waals surface area contributed by atoms with Gasteiger partial charge in [0.05, 0.1) is 0 Å². The number of alkyl halides is 3. The number of amides is 1. The summed E-state index contributed by atoms with van der Waals surface area (Å²) in [6.07, 6.45) is -4.96. The summed E-state index contributed by atoms with van der Waals surface area (Å²) in [4.78, 5) is 24.5. The van der Waals surface area contributed by atoms with E-state index < -0.39 is 35.6 Å². The van der Waals surface area contributed by atoms with E-state index in [1.165, 1.54) is 12.1 Å². The van der Waals surface area contributed by atoms with E-state index in [0.29, 0.717) is 17.7 Å². The third-order valence-electron chi connectivity index (χ3n) is 3.44. The minimum absolute atomic E-state index is 0.308. The maximum absolute atomic E-state index is 13.2. The Balaban J connectivity index is 2.28. The molecule has 1 amide bonds. The zero-order valence-corrected chi connectivity index (χ0v) is 12.3. The van der Waals surface area contributed by atoms with Crippen molar-refractivity contribution in [1.82, 2.24) is 0 Å². The molecule has 0 spiro atoms. The fraction of sp³-hybridized carbons (Fsp3) is 0.429. The van der Waals surface area contributed by atoms with E-state index in [-0.39, 0.29) is 0 Å². The lowest BCUT2D eigenvalue weighted by Crippen LogP contribution is -2.58. The molecule has 5 nitrogen and oxygen atoms in total. The third-order valence-corrected chi connectivity index (χ3v) is 3.44. The second-order valence-electron chi connectivity index (χ2n) is 5.50. The summed E-state index contributed by atoms with van der Waals surface area (Å²) in [7, 11) is 0. The second kappa shape index (κ2) is 5.48. The van der Waals surface area contributed by atoms with Crippen LogP contribution < -0.4 is 10.6 Å². The van der Waals surface area contributed by atoms with E-state index in [1.54, 1.807) is 6.92 Å². The van der Waals surface area contributed by atoms with E-state index in [1.807, 2.05) is 0 Å². The summed E-state index contributed by atoms with van der Waals surface area (Å²) >= 11 is 0. The predicted molar refractivity (Wildman–Crippen MR) is 71.8 cm³/mol. The predicted octanol–water partition coefficient (Wildman–Crippen LogP) is 1.88. The number of esters is 1. The van der Waals surface area contributed by atoms with Gasteiger partial charge in [-0.1, -0.05) is 0 Å². The molecule has 0 radical (unpaired) electrons. The van der Waals surface area contributed by atoms with Gasteiger partial charge in [0, 0.05) is 11.7 Å². The molecule has 0 saturated carbocycles. The van der Waals surface area contributed by atoms with E-state index in [2.05, 4.69) is 4.74 Å². The molecule has 1 aliphatic heterocycles. The number of halogens is 4. The Kier molecular flexibility index (Phi) is 4.10. The lowest BCUT2D eigenvalue weighted by molar-refractivity contribution is -0.212. The Hall–Kier alpha value is -2.16. The van der Waals surface area contributed by atoms with E-state index in [9.17, 15) is 27.2 Å². The van der Waals surface area contributed by atoms with Crippen molar-refractivity contribution < 1.29 is 31.9 Å². The van der Waals surface area contributed by atoms with Gasteiger partial charge < -0.3 is 9.64 Å². The fourth-order valence-corrected chi connectivity index (χ4v) is 2.44. The first-order valence-electron chi connectivity index (χ1n) is 6.64. The summed E-state index contributed by atoms with van der Waals surface area (Å²) in [6, 6.07) is 3.21. The number of benzene rings is 1. The Morgan fingerprint density at radius 1 is 1.35 bits per heavy atom. The highest BCUT2D eigenvalue weighted by atomic mass is 19.4. The van der Waals surface area contributed by atoms with Crippen LogP contribution in [0.4, 0.5) is 23.2 Å². The van der Waals surface area contributed by atoms with Crippen molar-refractivity contribution in [2.75, 3.05) is 4.90 Å². The molecular weight excluding hydrogens is 320 g/mol. The first-order valence-corrected chi connectivity index (χ1v) is 6.64. The molecule has 2 N–H and O–H groups in total. The number of carbonyl (C=O) groups is 2. The minimum Gasteiger partial charge on any atom is -0.428 e. The van der Waals surface area contributed by atoms with Crippen molar-refractivity contribution in [2.45, 2.75) is 38.2 Å². The van der Waals surface area contributed by atoms with Crippen molar-refractivity contribution in [3.05, 3.63) is 29.6 Å². The van der Waals surface area contributed by atoms with Crippen LogP contribution >= 0.6 is 0 Å². The number of hydrogen-bond donors (Lipinski definition) is 1. The number of rotatable bonds is 2. The zero-order chi connectivity index (χ0) is 17.6. The van der Waals surface area contributed by atoms with Crippen molar-refractivity contribution in [2.24, 2.45) is 5.73 Å². The van der Waals surface area contributed by atoms with Gasteiger partial charge in [-0.25, -0.2) is 9.18 Å². The summed E-state index contributed by atoms with van der Waals surface area (Å²) in [5.74, 6) is -4.07. The van der Waals surface area contributed by atoms with E-state index in [4.69, 9.17) is 5.73 Å². The third kappa shape index (κ3) is 3.29. The maximum Gasteiger partial charge on any atom is 0.491 e. The highest BCUT2D eigenvalue weighted by molar-refractivity contribution is 6.02. The molecule has 23 heavy (non-hydrogen) atoms. The monoisotopic (exact) mass is 334 g/mol. The van der Waals surface area contributed by atoms with Crippen molar-refractivity contribution in [1.29, 1.82) is 0 Å². The van der Waals surface area contributed by atoms with Crippen molar-refractivity contribution >= 4 is 17.6 Å². The molecule has 0 aromatic heterocycles. The Morgan fingerprint density at radius 2 is 1.96 bits per heavy atom. The lowest BCUT2D eigenvalue weighted by Gasteiger charge is -2.31. The summed E-state index contributed by atoms with van der Waals surface area (Å²) in [6.45, 7) is 2.49. The largest absolute Gasteiger partial charge is 0.491 e. The molecule has 1 aromatic rings. The molecule has 0 fully saturated rings. The van der Waals surface area contributed by atoms with Crippen LogP contribution in [-0.4, -0.2) is 29.8 Å². The maximum atomic E-state index is 13.2. The summed E-state index contributed by atoms with van der Waals surface area (Å²) < 4.78 is 54.2. The Bertz CT molecular complexity index is 658. The van der Waals surface area contributed by atoms with Gasteiger partial charge in [-0.15, -0.1) is 0 Å². The molecular formula is C14H14F4N2O3. The van der Waals surface area contributed by atoms with Crippen LogP contribution in [-0.2, 0) is 20.7 Å². The molecule has 0 saturated heterocycles. The van der Waals surface area contributed by atoms with Gasteiger partial charge in [-0.3, -0.25) is 10.5 Å². The van der Waals surface area contributed by atoms with Gasteiger partial charge in [0.2, 0.25) is 5.72 Å². The van der Waals surface area contributed by atoms with Crippen LogP contribution in [0, 0.1) is 5.82 Å².